The van der Waals surface area contributed by atoms with E-state index in [2.05, 4.69) is 33.9 Å². The number of nitrogens with zero attached hydrogens (tertiary/aromatic N) is 1. The summed E-state index contributed by atoms with van der Waals surface area (Å²) in [7, 11) is -1.93. The minimum Gasteiger partial charge on any atom is -0.444 e. The molecule has 2 atom stereocenters. The van der Waals surface area contributed by atoms with Gasteiger partial charge in [0, 0.05) is 6.54 Å². The van der Waals surface area contributed by atoms with Crippen molar-refractivity contribution in [2.45, 2.75) is 83.8 Å². The molecule has 1 heterocycles. The molecule has 1 rings (SSSR count). The van der Waals surface area contributed by atoms with Crippen molar-refractivity contribution in [2.75, 3.05) is 13.2 Å². The van der Waals surface area contributed by atoms with E-state index in [-0.39, 0.29) is 29.9 Å². The lowest BCUT2D eigenvalue weighted by Crippen LogP contribution is -2.50. The van der Waals surface area contributed by atoms with Crippen LogP contribution in [0.15, 0.2) is 0 Å². The van der Waals surface area contributed by atoms with Gasteiger partial charge >= 0.3 is 6.09 Å². The zero-order chi connectivity index (χ0) is 17.3. The topological polar surface area (TPSA) is 59.0 Å². The minimum absolute atomic E-state index is 0.0987. The molecule has 1 saturated heterocycles. The van der Waals surface area contributed by atoms with Gasteiger partial charge in [-0.25, -0.2) is 4.79 Å². The molecule has 1 aliphatic heterocycles. The molecule has 0 bridgehead atoms. The summed E-state index contributed by atoms with van der Waals surface area (Å²) in [5, 5.41) is 9.84. The molecule has 6 heteroatoms. The van der Waals surface area contributed by atoms with E-state index in [9.17, 15) is 9.90 Å². The first-order valence-corrected chi connectivity index (χ1v) is 11.0. The van der Waals surface area contributed by atoms with Gasteiger partial charge in [0.05, 0.1) is 18.8 Å². The van der Waals surface area contributed by atoms with Crippen LogP contribution in [0.3, 0.4) is 0 Å². The number of aliphatic hydroxyl groups is 1. The van der Waals surface area contributed by atoms with Crippen molar-refractivity contribution in [1.29, 1.82) is 0 Å². The van der Waals surface area contributed by atoms with E-state index in [4.69, 9.17) is 9.16 Å². The summed E-state index contributed by atoms with van der Waals surface area (Å²) in [6, 6.07) is -0.316. The van der Waals surface area contributed by atoms with Crippen LogP contribution >= 0.6 is 0 Å². The molecular formula is C16H33NO4Si. The number of amides is 1. The van der Waals surface area contributed by atoms with Gasteiger partial charge in [0.25, 0.3) is 0 Å². The molecule has 0 aromatic rings. The third-order valence-electron chi connectivity index (χ3n) is 4.55. The van der Waals surface area contributed by atoms with Crippen LogP contribution in [0.25, 0.3) is 0 Å². The summed E-state index contributed by atoms with van der Waals surface area (Å²) < 4.78 is 11.8. The van der Waals surface area contributed by atoms with E-state index in [1.165, 1.54) is 0 Å². The second kappa shape index (κ2) is 6.49. The molecule has 1 fully saturated rings. The van der Waals surface area contributed by atoms with Gasteiger partial charge < -0.3 is 19.2 Å². The van der Waals surface area contributed by atoms with Gasteiger partial charge in [0.15, 0.2) is 8.32 Å². The van der Waals surface area contributed by atoms with Crippen molar-refractivity contribution in [2.24, 2.45) is 0 Å². The Bertz CT molecular complexity index is 398. The second-order valence-corrected chi connectivity index (χ2v) is 13.4. The van der Waals surface area contributed by atoms with Crippen LogP contribution < -0.4 is 0 Å². The van der Waals surface area contributed by atoms with Gasteiger partial charge in [-0.2, -0.15) is 0 Å². The summed E-state index contributed by atoms with van der Waals surface area (Å²) in [5.41, 5.74) is -0.532. The van der Waals surface area contributed by atoms with Crippen LogP contribution in [0.4, 0.5) is 4.79 Å². The van der Waals surface area contributed by atoms with Crippen LogP contribution in [0.2, 0.25) is 18.1 Å². The molecular weight excluding hydrogens is 298 g/mol. The monoisotopic (exact) mass is 331 g/mol. The molecule has 0 aliphatic carbocycles. The zero-order valence-corrected chi connectivity index (χ0v) is 16.4. The molecule has 0 unspecified atom stereocenters. The highest BCUT2D eigenvalue weighted by atomic mass is 28.4. The van der Waals surface area contributed by atoms with Gasteiger partial charge in [-0.3, -0.25) is 0 Å². The number of aliphatic hydroxyl groups excluding tert-OH is 1. The summed E-state index contributed by atoms with van der Waals surface area (Å²) in [6.07, 6.45) is 0.267. The van der Waals surface area contributed by atoms with Crippen molar-refractivity contribution in [3.63, 3.8) is 0 Å². The molecule has 0 radical (unpaired) electrons. The molecule has 130 valence electrons. The first-order chi connectivity index (χ1) is 9.78. The van der Waals surface area contributed by atoms with Crippen molar-refractivity contribution in [3.05, 3.63) is 0 Å². The highest BCUT2D eigenvalue weighted by Crippen LogP contribution is 2.39. The van der Waals surface area contributed by atoms with E-state index in [1.54, 1.807) is 4.90 Å². The minimum atomic E-state index is -1.93. The van der Waals surface area contributed by atoms with E-state index >= 15 is 0 Å². The number of rotatable bonds is 3. The lowest BCUT2D eigenvalue weighted by atomic mass is 10.2. The SMILES string of the molecule is CC(C)(C)OC(=O)N1CC[C@@H](O[Si](C)(C)C(C)(C)C)[C@@H]1CO. The van der Waals surface area contributed by atoms with Crippen molar-refractivity contribution in [1.82, 2.24) is 4.90 Å². The third-order valence-corrected chi connectivity index (χ3v) is 9.06. The van der Waals surface area contributed by atoms with Crippen LogP contribution in [-0.2, 0) is 9.16 Å². The molecule has 1 aliphatic rings. The predicted molar refractivity (Wildman–Crippen MR) is 90.5 cm³/mol. The first kappa shape index (κ1) is 19.5. The van der Waals surface area contributed by atoms with Gasteiger partial charge in [0.1, 0.15) is 5.60 Å². The number of hydrogen-bond donors (Lipinski definition) is 1. The molecule has 0 saturated carbocycles. The highest BCUT2D eigenvalue weighted by molar-refractivity contribution is 6.74. The molecule has 22 heavy (non-hydrogen) atoms. The summed E-state index contributed by atoms with van der Waals surface area (Å²) in [4.78, 5) is 13.9. The Morgan fingerprint density at radius 1 is 1.23 bits per heavy atom. The average molecular weight is 332 g/mol. The Kier molecular flexibility index (Phi) is 5.74. The highest BCUT2D eigenvalue weighted by Gasteiger charge is 2.45. The van der Waals surface area contributed by atoms with Crippen molar-refractivity contribution in [3.8, 4) is 0 Å². The zero-order valence-electron chi connectivity index (χ0n) is 15.4. The van der Waals surface area contributed by atoms with Crippen molar-refractivity contribution < 1.29 is 19.1 Å². The van der Waals surface area contributed by atoms with Crippen molar-refractivity contribution >= 4 is 14.4 Å². The fourth-order valence-electron chi connectivity index (χ4n) is 2.28. The third kappa shape index (κ3) is 4.70. The standard InChI is InChI=1S/C16H33NO4Si/c1-15(2,3)20-14(19)17-10-9-13(12(17)11-18)21-22(7,8)16(4,5)6/h12-13,18H,9-11H2,1-8H3/t12-,13+/m0/s1. The maximum Gasteiger partial charge on any atom is 0.410 e. The average Bonchev–Trinajstić information content (AvgIpc) is 2.67. The molecule has 1 N–H and O–H groups in total. The molecule has 0 aromatic heterocycles. The first-order valence-electron chi connectivity index (χ1n) is 8.07. The van der Waals surface area contributed by atoms with E-state index in [0.29, 0.717) is 6.54 Å². The summed E-state index contributed by atoms with van der Waals surface area (Å²) in [5.74, 6) is 0. The quantitative estimate of drug-likeness (QED) is 0.806. The maximum absolute atomic E-state index is 12.3. The maximum atomic E-state index is 12.3. The normalized spacial score (nSPS) is 23.8. The summed E-state index contributed by atoms with van der Waals surface area (Å²) >= 11 is 0. The number of likely N-dealkylation sites (tertiary alicyclic amines) is 1. The smallest absolute Gasteiger partial charge is 0.410 e. The van der Waals surface area contributed by atoms with E-state index in [1.807, 2.05) is 20.8 Å². The Hall–Kier alpha value is -0.593. The fraction of sp³-hybridized carbons (Fsp3) is 0.938. The summed E-state index contributed by atoms with van der Waals surface area (Å²) in [6.45, 7) is 17.0. The van der Waals surface area contributed by atoms with E-state index < -0.39 is 13.9 Å². The predicted octanol–water partition coefficient (Wildman–Crippen LogP) is 3.38. The van der Waals surface area contributed by atoms with Gasteiger partial charge in [-0.05, 0) is 45.3 Å². The van der Waals surface area contributed by atoms with Crippen LogP contribution in [0, 0.1) is 0 Å². The van der Waals surface area contributed by atoms with Crippen LogP contribution in [0.1, 0.15) is 48.0 Å². The molecule has 1 amide bonds. The molecule has 0 spiro atoms. The number of hydrogen-bond acceptors (Lipinski definition) is 4. The lowest BCUT2D eigenvalue weighted by Gasteiger charge is -2.40. The van der Waals surface area contributed by atoms with Crippen LogP contribution in [-0.4, -0.2) is 55.3 Å². The Morgan fingerprint density at radius 2 is 1.77 bits per heavy atom. The Balaban J connectivity index is 2.80. The Morgan fingerprint density at radius 3 is 2.18 bits per heavy atom. The number of carbonyl (C=O) groups is 1. The number of ether oxygens (including phenoxy) is 1. The van der Waals surface area contributed by atoms with Gasteiger partial charge in [0.2, 0.25) is 0 Å². The largest absolute Gasteiger partial charge is 0.444 e. The van der Waals surface area contributed by atoms with Crippen LogP contribution in [0.5, 0.6) is 0 Å². The van der Waals surface area contributed by atoms with Gasteiger partial charge in [-0.15, -0.1) is 0 Å². The second-order valence-electron chi connectivity index (χ2n) is 8.63. The van der Waals surface area contributed by atoms with Gasteiger partial charge in [-0.1, -0.05) is 20.8 Å². The lowest BCUT2D eigenvalue weighted by molar-refractivity contribution is 0.00791. The molecule has 0 aromatic carbocycles. The number of carbonyl (C=O) groups excluding carboxylic acids is 1. The fourth-order valence-corrected chi connectivity index (χ4v) is 3.67. The van der Waals surface area contributed by atoms with E-state index in [0.717, 1.165) is 6.42 Å². The Labute approximate surface area is 136 Å². The molecule has 5 nitrogen and oxygen atoms in total.